The maximum atomic E-state index is 11.9. The molecule has 0 fully saturated rings. The van der Waals surface area contributed by atoms with Gasteiger partial charge in [-0.2, -0.15) is 5.10 Å². The Morgan fingerprint density at radius 2 is 2.14 bits per heavy atom. The van der Waals surface area contributed by atoms with Crippen molar-refractivity contribution in [3.05, 3.63) is 57.2 Å². The van der Waals surface area contributed by atoms with Crippen LogP contribution in [0.2, 0.25) is 5.02 Å². The Balaban J connectivity index is 1.88. The van der Waals surface area contributed by atoms with Crippen LogP contribution >= 0.6 is 22.9 Å². The van der Waals surface area contributed by atoms with Gasteiger partial charge in [0.25, 0.3) is 0 Å². The Labute approximate surface area is 139 Å². The molecule has 1 aliphatic heterocycles. The molecule has 0 saturated carbocycles. The molecule has 3 rings (SSSR count). The van der Waals surface area contributed by atoms with Crippen molar-refractivity contribution >= 4 is 34.4 Å². The fourth-order valence-corrected chi connectivity index (χ4v) is 3.41. The molecule has 0 aliphatic carbocycles. The smallest absolute Gasteiger partial charge is 0.153 e. The standard InChI is InChI=1S/C17H17ClN2OS/c1-2-14(21)11-20-16(12-5-7-13(18)8-6-12)10-15(19-20)17-4-3-9-22-17/h3-9,16H,2,10-11H2,1H3. The zero-order chi connectivity index (χ0) is 15.5. The summed E-state index contributed by atoms with van der Waals surface area (Å²) in [5.74, 6) is 0.204. The largest absolute Gasteiger partial charge is 0.298 e. The lowest BCUT2D eigenvalue weighted by atomic mass is 10.0. The molecule has 2 heterocycles. The van der Waals surface area contributed by atoms with E-state index in [2.05, 4.69) is 11.4 Å². The van der Waals surface area contributed by atoms with E-state index in [9.17, 15) is 4.79 Å². The molecule has 0 N–H and O–H groups in total. The first-order valence-corrected chi connectivity index (χ1v) is 8.58. The average Bonchev–Trinajstić information content (AvgIpc) is 3.17. The van der Waals surface area contributed by atoms with Gasteiger partial charge < -0.3 is 0 Å². The monoisotopic (exact) mass is 332 g/mol. The SMILES string of the molecule is CCC(=O)CN1N=C(c2cccs2)CC1c1ccc(Cl)cc1. The van der Waals surface area contributed by atoms with Crippen molar-refractivity contribution in [2.75, 3.05) is 6.54 Å². The number of halogens is 1. The highest BCUT2D eigenvalue weighted by molar-refractivity contribution is 7.12. The minimum atomic E-state index is 0.102. The summed E-state index contributed by atoms with van der Waals surface area (Å²) in [6, 6.07) is 12.0. The predicted molar refractivity (Wildman–Crippen MR) is 91.7 cm³/mol. The van der Waals surface area contributed by atoms with E-state index in [1.807, 2.05) is 42.3 Å². The molecule has 1 aromatic heterocycles. The third-order valence-electron chi connectivity index (χ3n) is 3.79. The molecule has 0 saturated heterocycles. The zero-order valence-electron chi connectivity index (χ0n) is 12.3. The molecule has 2 aromatic rings. The Kier molecular flexibility index (Phi) is 4.60. The molecule has 1 aromatic carbocycles. The van der Waals surface area contributed by atoms with E-state index < -0.39 is 0 Å². The van der Waals surface area contributed by atoms with Crippen LogP contribution in [0.25, 0.3) is 0 Å². The van der Waals surface area contributed by atoms with Gasteiger partial charge in [-0.1, -0.05) is 36.7 Å². The van der Waals surface area contributed by atoms with Gasteiger partial charge in [-0.05, 0) is 29.1 Å². The molecule has 0 amide bonds. The molecular weight excluding hydrogens is 316 g/mol. The normalized spacial score (nSPS) is 17.6. The lowest BCUT2D eigenvalue weighted by Gasteiger charge is -2.23. The second kappa shape index (κ2) is 6.63. The third-order valence-corrected chi connectivity index (χ3v) is 4.96. The quantitative estimate of drug-likeness (QED) is 0.805. The molecule has 1 unspecified atom stereocenters. The van der Waals surface area contributed by atoms with Gasteiger partial charge in [0.15, 0.2) is 5.78 Å². The van der Waals surface area contributed by atoms with E-state index >= 15 is 0 Å². The number of carbonyl (C=O) groups excluding carboxylic acids is 1. The van der Waals surface area contributed by atoms with Crippen molar-refractivity contribution < 1.29 is 4.79 Å². The summed E-state index contributed by atoms with van der Waals surface area (Å²) in [6.07, 6.45) is 1.35. The molecule has 1 aliphatic rings. The second-order valence-corrected chi connectivity index (χ2v) is 6.67. The third kappa shape index (κ3) is 3.23. The molecule has 0 spiro atoms. The highest BCUT2D eigenvalue weighted by atomic mass is 35.5. The van der Waals surface area contributed by atoms with E-state index in [0.29, 0.717) is 13.0 Å². The lowest BCUT2D eigenvalue weighted by molar-refractivity contribution is -0.120. The van der Waals surface area contributed by atoms with E-state index in [0.717, 1.165) is 22.7 Å². The van der Waals surface area contributed by atoms with Crippen LogP contribution in [0.5, 0.6) is 0 Å². The van der Waals surface area contributed by atoms with Crippen LogP contribution in [0, 0.1) is 0 Å². The summed E-state index contributed by atoms with van der Waals surface area (Å²) in [6.45, 7) is 2.25. The van der Waals surface area contributed by atoms with Gasteiger partial charge in [0, 0.05) is 17.9 Å². The molecule has 5 heteroatoms. The Morgan fingerprint density at radius 1 is 1.36 bits per heavy atom. The number of carbonyl (C=O) groups is 1. The van der Waals surface area contributed by atoms with Crippen molar-refractivity contribution in [1.82, 2.24) is 5.01 Å². The Hall–Kier alpha value is -1.65. The number of hydrogen-bond donors (Lipinski definition) is 0. The molecule has 114 valence electrons. The number of ketones is 1. The summed E-state index contributed by atoms with van der Waals surface area (Å²) in [7, 11) is 0. The van der Waals surface area contributed by atoms with Crippen LogP contribution in [-0.2, 0) is 4.79 Å². The first kappa shape index (κ1) is 15.3. The molecule has 0 radical (unpaired) electrons. The maximum absolute atomic E-state index is 11.9. The summed E-state index contributed by atoms with van der Waals surface area (Å²) in [4.78, 5) is 13.0. The fourth-order valence-electron chi connectivity index (χ4n) is 2.56. The lowest BCUT2D eigenvalue weighted by Crippen LogP contribution is -2.25. The number of Topliss-reactive ketones (excluding diaryl/α,β-unsaturated/α-hetero) is 1. The molecule has 3 nitrogen and oxygen atoms in total. The molecule has 0 bridgehead atoms. The van der Waals surface area contributed by atoms with Gasteiger partial charge in [-0.25, -0.2) is 0 Å². The van der Waals surface area contributed by atoms with Crippen molar-refractivity contribution in [2.45, 2.75) is 25.8 Å². The van der Waals surface area contributed by atoms with E-state index in [4.69, 9.17) is 16.7 Å². The van der Waals surface area contributed by atoms with Crippen LogP contribution in [0.15, 0.2) is 46.9 Å². The Morgan fingerprint density at radius 3 is 2.77 bits per heavy atom. The van der Waals surface area contributed by atoms with Gasteiger partial charge in [0.2, 0.25) is 0 Å². The van der Waals surface area contributed by atoms with Crippen molar-refractivity contribution in [1.29, 1.82) is 0 Å². The van der Waals surface area contributed by atoms with Crippen molar-refractivity contribution in [3.63, 3.8) is 0 Å². The topological polar surface area (TPSA) is 32.7 Å². The van der Waals surface area contributed by atoms with Crippen molar-refractivity contribution in [3.8, 4) is 0 Å². The first-order valence-electron chi connectivity index (χ1n) is 7.32. The molecule has 1 atom stereocenters. The van der Waals surface area contributed by atoms with Crippen LogP contribution in [0.3, 0.4) is 0 Å². The van der Waals surface area contributed by atoms with Gasteiger partial charge >= 0.3 is 0 Å². The fraction of sp³-hybridized carbons (Fsp3) is 0.294. The van der Waals surface area contributed by atoms with Crippen LogP contribution in [0.1, 0.15) is 36.2 Å². The van der Waals surface area contributed by atoms with Gasteiger partial charge in [-0.15, -0.1) is 11.3 Å². The average molecular weight is 333 g/mol. The number of rotatable bonds is 5. The Bertz CT molecular complexity index is 679. The number of benzene rings is 1. The number of thiophene rings is 1. The summed E-state index contributed by atoms with van der Waals surface area (Å²) >= 11 is 7.66. The van der Waals surface area contributed by atoms with E-state index in [-0.39, 0.29) is 11.8 Å². The summed E-state index contributed by atoms with van der Waals surface area (Å²) < 4.78 is 0. The zero-order valence-corrected chi connectivity index (χ0v) is 13.9. The maximum Gasteiger partial charge on any atom is 0.153 e. The van der Waals surface area contributed by atoms with Crippen LogP contribution in [0.4, 0.5) is 0 Å². The first-order chi connectivity index (χ1) is 10.7. The number of hydrogen-bond acceptors (Lipinski definition) is 4. The van der Waals surface area contributed by atoms with Crippen LogP contribution < -0.4 is 0 Å². The highest BCUT2D eigenvalue weighted by Crippen LogP contribution is 2.34. The van der Waals surface area contributed by atoms with Gasteiger partial charge in [0.05, 0.1) is 23.2 Å². The van der Waals surface area contributed by atoms with Gasteiger partial charge in [-0.3, -0.25) is 9.80 Å². The number of hydrazone groups is 1. The van der Waals surface area contributed by atoms with Crippen LogP contribution in [-0.4, -0.2) is 23.0 Å². The van der Waals surface area contributed by atoms with Crippen molar-refractivity contribution in [2.24, 2.45) is 5.10 Å². The highest BCUT2D eigenvalue weighted by Gasteiger charge is 2.30. The second-order valence-electron chi connectivity index (χ2n) is 5.29. The molecular formula is C17H17ClN2OS. The minimum Gasteiger partial charge on any atom is -0.298 e. The summed E-state index contributed by atoms with van der Waals surface area (Å²) in [5, 5.41) is 9.40. The number of nitrogens with zero attached hydrogens (tertiary/aromatic N) is 2. The predicted octanol–water partition coefficient (Wildman–Crippen LogP) is 4.53. The molecule has 22 heavy (non-hydrogen) atoms. The van der Waals surface area contributed by atoms with Gasteiger partial charge in [0.1, 0.15) is 0 Å². The van der Waals surface area contributed by atoms with E-state index in [1.54, 1.807) is 11.3 Å². The van der Waals surface area contributed by atoms with E-state index in [1.165, 1.54) is 4.88 Å². The minimum absolute atomic E-state index is 0.102. The summed E-state index contributed by atoms with van der Waals surface area (Å²) in [5.41, 5.74) is 2.20.